The van der Waals surface area contributed by atoms with Gasteiger partial charge in [0.15, 0.2) is 6.29 Å². The van der Waals surface area contributed by atoms with Crippen LogP contribution in [0.3, 0.4) is 0 Å². The first-order chi connectivity index (χ1) is 8.95. The predicted molar refractivity (Wildman–Crippen MR) is 79.6 cm³/mol. The number of hydrogen-bond donors (Lipinski definition) is 0. The number of nitrogens with zero attached hydrogens (tertiary/aromatic N) is 1. The Morgan fingerprint density at radius 3 is 2.42 bits per heavy atom. The van der Waals surface area contributed by atoms with Crippen LogP contribution < -0.4 is 0 Å². The SMILES string of the molecule is Cc1cc(C=O)c(C)n1C(C)c1ccc(Cl)cc1Cl. The number of carbonyl (C=O) groups excluding carboxylic acids is 1. The van der Waals surface area contributed by atoms with Crippen molar-refractivity contribution in [1.29, 1.82) is 0 Å². The molecular formula is C15H15Cl2NO. The normalized spacial score (nSPS) is 12.5. The van der Waals surface area contributed by atoms with Crippen molar-refractivity contribution in [3.05, 3.63) is 56.8 Å². The number of benzene rings is 1. The Kier molecular flexibility index (Phi) is 4.02. The van der Waals surface area contributed by atoms with Gasteiger partial charge in [-0.25, -0.2) is 0 Å². The van der Waals surface area contributed by atoms with E-state index in [1.165, 1.54) is 0 Å². The highest BCUT2D eigenvalue weighted by Gasteiger charge is 2.17. The molecule has 1 heterocycles. The number of halogens is 2. The van der Waals surface area contributed by atoms with Crippen molar-refractivity contribution in [3.63, 3.8) is 0 Å². The van der Waals surface area contributed by atoms with Crippen LogP contribution in [0.5, 0.6) is 0 Å². The van der Waals surface area contributed by atoms with Crippen molar-refractivity contribution in [1.82, 2.24) is 4.57 Å². The fraction of sp³-hybridized carbons (Fsp3) is 0.267. The lowest BCUT2D eigenvalue weighted by atomic mass is 10.1. The van der Waals surface area contributed by atoms with Gasteiger partial charge in [0, 0.05) is 27.0 Å². The van der Waals surface area contributed by atoms with Crippen LogP contribution in [0.25, 0.3) is 0 Å². The maximum Gasteiger partial charge on any atom is 0.151 e. The van der Waals surface area contributed by atoms with Crippen molar-refractivity contribution < 1.29 is 4.79 Å². The summed E-state index contributed by atoms with van der Waals surface area (Å²) in [4.78, 5) is 11.0. The molecule has 0 amide bonds. The van der Waals surface area contributed by atoms with Gasteiger partial charge < -0.3 is 4.57 Å². The van der Waals surface area contributed by atoms with Crippen molar-refractivity contribution in [2.24, 2.45) is 0 Å². The first-order valence-electron chi connectivity index (χ1n) is 6.04. The molecule has 19 heavy (non-hydrogen) atoms. The summed E-state index contributed by atoms with van der Waals surface area (Å²) in [7, 11) is 0. The van der Waals surface area contributed by atoms with Crippen LogP contribution in [0.4, 0.5) is 0 Å². The maximum absolute atomic E-state index is 11.0. The number of aryl methyl sites for hydroxylation is 1. The van der Waals surface area contributed by atoms with Gasteiger partial charge >= 0.3 is 0 Å². The Hall–Kier alpha value is -1.25. The molecule has 1 aromatic carbocycles. The topological polar surface area (TPSA) is 22.0 Å². The molecule has 2 aromatic rings. The minimum Gasteiger partial charge on any atom is -0.341 e. The van der Waals surface area contributed by atoms with Crippen molar-refractivity contribution in [2.75, 3.05) is 0 Å². The Bertz CT molecular complexity index is 631. The summed E-state index contributed by atoms with van der Waals surface area (Å²) >= 11 is 12.2. The number of aldehydes is 1. The molecule has 2 rings (SSSR count). The molecular weight excluding hydrogens is 281 g/mol. The van der Waals surface area contributed by atoms with E-state index in [-0.39, 0.29) is 6.04 Å². The molecule has 100 valence electrons. The number of aromatic nitrogens is 1. The molecule has 0 saturated carbocycles. The highest BCUT2D eigenvalue weighted by Crippen LogP contribution is 2.31. The number of carbonyl (C=O) groups is 1. The summed E-state index contributed by atoms with van der Waals surface area (Å²) in [5, 5.41) is 1.26. The molecule has 1 unspecified atom stereocenters. The summed E-state index contributed by atoms with van der Waals surface area (Å²) in [5.41, 5.74) is 3.70. The molecule has 1 aromatic heterocycles. The van der Waals surface area contributed by atoms with E-state index >= 15 is 0 Å². The van der Waals surface area contributed by atoms with Crippen LogP contribution >= 0.6 is 23.2 Å². The number of rotatable bonds is 3. The van der Waals surface area contributed by atoms with Crippen LogP contribution in [0.2, 0.25) is 10.0 Å². The lowest BCUT2D eigenvalue weighted by molar-refractivity contribution is 0.112. The Morgan fingerprint density at radius 2 is 1.89 bits per heavy atom. The highest BCUT2D eigenvalue weighted by atomic mass is 35.5. The zero-order chi connectivity index (χ0) is 14.2. The van der Waals surface area contributed by atoms with E-state index in [0.29, 0.717) is 10.0 Å². The van der Waals surface area contributed by atoms with E-state index in [1.807, 2.05) is 32.0 Å². The van der Waals surface area contributed by atoms with E-state index in [4.69, 9.17) is 23.2 Å². The second kappa shape index (κ2) is 5.40. The molecule has 0 spiro atoms. The molecule has 0 fully saturated rings. The molecule has 0 aliphatic heterocycles. The van der Waals surface area contributed by atoms with Gasteiger partial charge in [-0.15, -0.1) is 0 Å². The average molecular weight is 296 g/mol. The summed E-state index contributed by atoms with van der Waals surface area (Å²) < 4.78 is 2.11. The highest BCUT2D eigenvalue weighted by molar-refractivity contribution is 6.35. The molecule has 0 N–H and O–H groups in total. The van der Waals surface area contributed by atoms with Gasteiger partial charge in [-0.3, -0.25) is 4.79 Å². The van der Waals surface area contributed by atoms with Crippen LogP contribution in [0.1, 0.15) is 40.3 Å². The molecule has 0 radical (unpaired) electrons. The Balaban J connectivity index is 2.52. The first-order valence-corrected chi connectivity index (χ1v) is 6.80. The van der Waals surface area contributed by atoms with Crippen LogP contribution in [-0.2, 0) is 0 Å². The lowest BCUT2D eigenvalue weighted by Gasteiger charge is -2.20. The summed E-state index contributed by atoms with van der Waals surface area (Å²) in [6.45, 7) is 5.99. The third kappa shape index (κ3) is 2.56. The standard InChI is InChI=1S/C15H15Cl2NO/c1-9-6-12(8-19)10(2)18(9)11(3)14-5-4-13(16)7-15(14)17/h4-8,11H,1-3H3. The van der Waals surface area contributed by atoms with E-state index < -0.39 is 0 Å². The second-order valence-electron chi connectivity index (χ2n) is 4.66. The van der Waals surface area contributed by atoms with E-state index in [1.54, 1.807) is 6.07 Å². The zero-order valence-corrected chi connectivity index (χ0v) is 12.6. The van der Waals surface area contributed by atoms with E-state index in [2.05, 4.69) is 11.5 Å². The van der Waals surface area contributed by atoms with Crippen LogP contribution in [-0.4, -0.2) is 10.9 Å². The molecule has 2 nitrogen and oxygen atoms in total. The van der Waals surface area contributed by atoms with Gasteiger partial charge in [0.2, 0.25) is 0 Å². The molecule has 4 heteroatoms. The van der Waals surface area contributed by atoms with E-state index in [9.17, 15) is 4.79 Å². The second-order valence-corrected chi connectivity index (χ2v) is 5.50. The van der Waals surface area contributed by atoms with Crippen molar-refractivity contribution in [2.45, 2.75) is 26.8 Å². The van der Waals surface area contributed by atoms with Crippen LogP contribution in [0, 0.1) is 13.8 Å². The van der Waals surface area contributed by atoms with Gasteiger partial charge in [0.1, 0.15) is 0 Å². The van der Waals surface area contributed by atoms with Gasteiger partial charge in [-0.05, 0) is 44.5 Å². The van der Waals surface area contributed by atoms with Gasteiger partial charge in [0.05, 0.1) is 6.04 Å². The average Bonchev–Trinajstić information content (AvgIpc) is 2.63. The first kappa shape index (κ1) is 14.2. The van der Waals surface area contributed by atoms with Crippen LogP contribution in [0.15, 0.2) is 24.3 Å². The fourth-order valence-electron chi connectivity index (χ4n) is 2.50. The molecule has 0 saturated heterocycles. The number of hydrogen-bond acceptors (Lipinski definition) is 1. The Morgan fingerprint density at radius 1 is 1.21 bits per heavy atom. The largest absolute Gasteiger partial charge is 0.341 e. The summed E-state index contributed by atoms with van der Waals surface area (Å²) in [6.07, 6.45) is 0.884. The molecule has 0 aliphatic carbocycles. The molecule has 0 bridgehead atoms. The van der Waals surface area contributed by atoms with Gasteiger partial charge in [-0.1, -0.05) is 29.3 Å². The van der Waals surface area contributed by atoms with Crippen molar-refractivity contribution in [3.8, 4) is 0 Å². The lowest BCUT2D eigenvalue weighted by Crippen LogP contribution is -2.11. The molecule has 1 atom stereocenters. The maximum atomic E-state index is 11.0. The minimum absolute atomic E-state index is 0.0541. The minimum atomic E-state index is 0.0541. The van der Waals surface area contributed by atoms with Gasteiger partial charge in [0.25, 0.3) is 0 Å². The summed E-state index contributed by atoms with van der Waals surface area (Å²) in [6, 6.07) is 7.44. The quantitative estimate of drug-likeness (QED) is 0.743. The Labute approximate surface area is 123 Å². The van der Waals surface area contributed by atoms with E-state index in [0.717, 1.165) is 28.8 Å². The van der Waals surface area contributed by atoms with Crippen molar-refractivity contribution >= 4 is 29.5 Å². The third-order valence-corrected chi connectivity index (χ3v) is 4.01. The zero-order valence-electron chi connectivity index (χ0n) is 11.1. The predicted octanol–water partition coefficient (Wildman–Crippen LogP) is 4.83. The third-order valence-electron chi connectivity index (χ3n) is 3.45. The monoisotopic (exact) mass is 295 g/mol. The summed E-state index contributed by atoms with van der Waals surface area (Å²) in [5.74, 6) is 0. The van der Waals surface area contributed by atoms with Gasteiger partial charge in [-0.2, -0.15) is 0 Å². The fourth-order valence-corrected chi connectivity index (χ4v) is 3.06. The molecule has 0 aliphatic rings. The smallest absolute Gasteiger partial charge is 0.151 e.